The number of halogens is 4. The molecule has 0 N–H and O–H groups in total. The average Bonchev–Trinajstić information content (AvgIpc) is 3.21. The predicted octanol–water partition coefficient (Wildman–Crippen LogP) is 9.46. The average molecular weight is 854 g/mol. The summed E-state index contributed by atoms with van der Waals surface area (Å²) in [5, 5.41) is 0.781. The summed E-state index contributed by atoms with van der Waals surface area (Å²) in [7, 11) is 2.13. The van der Waals surface area contributed by atoms with Gasteiger partial charge in [-0.2, -0.15) is 13.2 Å². The van der Waals surface area contributed by atoms with Crippen LogP contribution in [0.3, 0.4) is 0 Å². The van der Waals surface area contributed by atoms with Gasteiger partial charge in [-0.3, -0.25) is 9.69 Å². The number of carbonyl (C=O) groups excluding carboxylic acids is 1. The van der Waals surface area contributed by atoms with Crippen LogP contribution >= 0.6 is 35.1 Å². The van der Waals surface area contributed by atoms with Gasteiger partial charge in [-0.1, -0.05) is 59.4 Å². The number of esters is 1. The predicted molar refractivity (Wildman–Crippen MR) is 231 cm³/mol. The standard InChI is InChI=1S/C23H28ClN3O2S.C21H24F3N3S/c1-18(28)29-16-15-26-13-11-25(12-14-26)9-4-10-27-20-5-2-3-6-22(20)30-23-8-7-19(24)17-21(23)27;1-25-11-13-26(14-12-25)9-4-10-27-17-5-2-3-6-19(17)28-20-8-7-16(15-18(20)27)21(22,23)24/h2-3,5-8,17H,4,9-16H2,1H3;2-3,5-8,15H,4,9-14H2,1H3. The molecule has 4 aliphatic rings. The lowest BCUT2D eigenvalue weighted by atomic mass is 10.1. The molecule has 14 heteroatoms. The highest BCUT2D eigenvalue weighted by Gasteiger charge is 2.33. The zero-order chi connectivity index (χ0) is 40.6. The summed E-state index contributed by atoms with van der Waals surface area (Å²) in [5.41, 5.74) is 3.55. The van der Waals surface area contributed by atoms with Gasteiger partial charge in [0, 0.05) is 104 Å². The van der Waals surface area contributed by atoms with Crippen molar-refractivity contribution in [1.29, 1.82) is 0 Å². The molecule has 4 aliphatic heterocycles. The number of benzene rings is 4. The second kappa shape index (κ2) is 19.8. The molecular formula is C44H52ClF3N6O2S2. The SMILES string of the molecule is CC(=O)OCCN1CCN(CCCN2c3ccccc3Sc3ccc(Cl)cc32)CC1.CN1CCN(CCCN2c3ccccc3Sc3ccc(C(F)(F)F)cc32)CC1. The minimum absolute atomic E-state index is 0.200. The third-order valence-corrected chi connectivity index (χ3v) is 13.5. The van der Waals surface area contributed by atoms with Crippen molar-refractivity contribution in [2.45, 2.75) is 45.5 Å². The molecule has 0 amide bonds. The number of likely N-dealkylation sites (N-methyl/N-ethyl adjacent to an activating group) is 1. The van der Waals surface area contributed by atoms with Crippen molar-refractivity contribution in [3.63, 3.8) is 0 Å². The summed E-state index contributed by atoms with van der Waals surface area (Å²) < 4.78 is 44.9. The van der Waals surface area contributed by atoms with E-state index in [1.165, 1.54) is 40.2 Å². The fraction of sp³-hybridized carbons (Fsp3) is 0.432. The van der Waals surface area contributed by atoms with E-state index in [9.17, 15) is 18.0 Å². The zero-order valence-corrected chi connectivity index (χ0v) is 35.6. The zero-order valence-electron chi connectivity index (χ0n) is 33.2. The summed E-state index contributed by atoms with van der Waals surface area (Å²) in [5.74, 6) is -0.200. The van der Waals surface area contributed by atoms with Crippen molar-refractivity contribution < 1.29 is 22.7 Å². The molecule has 4 aromatic rings. The number of carbonyl (C=O) groups is 1. The smallest absolute Gasteiger partial charge is 0.416 e. The lowest BCUT2D eigenvalue weighted by Gasteiger charge is -2.36. The van der Waals surface area contributed by atoms with Crippen LogP contribution in [0.5, 0.6) is 0 Å². The summed E-state index contributed by atoms with van der Waals surface area (Å²) in [6.45, 7) is 14.9. The summed E-state index contributed by atoms with van der Waals surface area (Å²) >= 11 is 9.68. The minimum Gasteiger partial charge on any atom is -0.465 e. The second-order valence-corrected chi connectivity index (χ2v) is 17.7. The maximum Gasteiger partial charge on any atom is 0.416 e. The first-order chi connectivity index (χ1) is 28.0. The molecule has 0 radical (unpaired) electrons. The molecule has 0 bridgehead atoms. The first kappa shape index (κ1) is 42.7. The Kier molecular flexibility index (Phi) is 14.5. The first-order valence-electron chi connectivity index (χ1n) is 20.1. The Morgan fingerprint density at radius 1 is 0.621 bits per heavy atom. The van der Waals surface area contributed by atoms with Crippen LogP contribution in [0.2, 0.25) is 5.02 Å². The van der Waals surface area contributed by atoms with E-state index in [1.54, 1.807) is 17.8 Å². The molecule has 0 spiro atoms. The molecule has 310 valence electrons. The topological polar surface area (TPSA) is 45.7 Å². The van der Waals surface area contributed by atoms with E-state index in [2.05, 4.69) is 72.8 Å². The molecule has 58 heavy (non-hydrogen) atoms. The number of hydrogen-bond acceptors (Lipinski definition) is 10. The van der Waals surface area contributed by atoms with Crippen molar-refractivity contribution in [2.75, 3.05) is 109 Å². The summed E-state index contributed by atoms with van der Waals surface area (Å²) in [4.78, 5) is 29.6. The van der Waals surface area contributed by atoms with Crippen molar-refractivity contribution in [3.8, 4) is 0 Å². The summed E-state index contributed by atoms with van der Waals surface area (Å²) in [6, 6.07) is 26.8. The van der Waals surface area contributed by atoms with E-state index in [0.29, 0.717) is 18.8 Å². The number of ether oxygens (including phenoxy) is 1. The number of nitrogens with zero attached hydrogens (tertiary/aromatic N) is 6. The Hall–Kier alpha value is -3.43. The van der Waals surface area contributed by atoms with E-state index in [1.807, 2.05) is 42.1 Å². The molecule has 2 fully saturated rings. The molecule has 8 nitrogen and oxygen atoms in total. The molecule has 2 saturated heterocycles. The van der Waals surface area contributed by atoms with Crippen LogP contribution < -0.4 is 9.80 Å². The van der Waals surface area contributed by atoms with Crippen LogP contribution in [0, 0.1) is 0 Å². The molecule has 4 heterocycles. The molecule has 0 aliphatic carbocycles. The monoisotopic (exact) mass is 852 g/mol. The highest BCUT2D eigenvalue weighted by molar-refractivity contribution is 8.00. The largest absolute Gasteiger partial charge is 0.465 e. The maximum absolute atomic E-state index is 13.3. The molecule has 0 atom stereocenters. The van der Waals surface area contributed by atoms with Gasteiger partial charge in [0.25, 0.3) is 0 Å². The molecule has 4 aromatic carbocycles. The fourth-order valence-electron chi connectivity index (χ4n) is 7.82. The number of para-hydroxylation sites is 2. The van der Waals surface area contributed by atoms with Gasteiger partial charge in [-0.25, -0.2) is 0 Å². The Balaban J connectivity index is 0.000000177. The van der Waals surface area contributed by atoms with E-state index in [4.69, 9.17) is 16.3 Å². The van der Waals surface area contributed by atoms with Crippen molar-refractivity contribution in [3.05, 3.63) is 95.5 Å². The lowest BCUT2D eigenvalue weighted by Crippen LogP contribution is -2.47. The van der Waals surface area contributed by atoms with E-state index in [0.717, 1.165) is 112 Å². The summed E-state index contributed by atoms with van der Waals surface area (Å²) in [6.07, 6.45) is -2.32. The van der Waals surface area contributed by atoms with Crippen LogP contribution in [0.4, 0.5) is 35.9 Å². The van der Waals surface area contributed by atoms with Crippen LogP contribution in [0.25, 0.3) is 0 Å². The van der Waals surface area contributed by atoms with Gasteiger partial charge in [0.2, 0.25) is 0 Å². The quantitative estimate of drug-likeness (QED) is 0.137. The van der Waals surface area contributed by atoms with Crippen molar-refractivity contribution in [1.82, 2.24) is 19.6 Å². The van der Waals surface area contributed by atoms with Crippen molar-refractivity contribution in [2.24, 2.45) is 0 Å². The third-order valence-electron chi connectivity index (χ3n) is 11.0. The van der Waals surface area contributed by atoms with Crippen LogP contribution in [-0.4, -0.2) is 124 Å². The molecule has 0 aromatic heterocycles. The van der Waals surface area contributed by atoms with Gasteiger partial charge >= 0.3 is 12.1 Å². The minimum atomic E-state index is -4.33. The van der Waals surface area contributed by atoms with Gasteiger partial charge < -0.3 is 29.2 Å². The van der Waals surface area contributed by atoms with Gasteiger partial charge in [-0.05, 0) is 93.6 Å². The second-order valence-electron chi connectivity index (χ2n) is 15.1. The normalized spacial score (nSPS) is 17.4. The highest BCUT2D eigenvalue weighted by Crippen LogP contribution is 2.50. The third kappa shape index (κ3) is 11.0. The van der Waals surface area contributed by atoms with Gasteiger partial charge in [0.15, 0.2) is 0 Å². The fourth-order valence-corrected chi connectivity index (χ4v) is 10.1. The van der Waals surface area contributed by atoms with Crippen LogP contribution in [0.15, 0.2) is 105 Å². The molecule has 0 unspecified atom stereocenters. The molecule has 0 saturated carbocycles. The number of rotatable bonds is 11. The maximum atomic E-state index is 13.3. The number of alkyl halides is 3. The van der Waals surface area contributed by atoms with E-state index in [-0.39, 0.29) is 5.97 Å². The highest BCUT2D eigenvalue weighted by atomic mass is 35.5. The Morgan fingerprint density at radius 2 is 1.09 bits per heavy atom. The van der Waals surface area contributed by atoms with Gasteiger partial charge in [0.1, 0.15) is 6.61 Å². The van der Waals surface area contributed by atoms with Crippen LogP contribution in [-0.2, 0) is 15.7 Å². The number of piperazine rings is 2. The Labute approximate surface area is 354 Å². The number of anilines is 4. The molecular weight excluding hydrogens is 801 g/mol. The van der Waals surface area contributed by atoms with E-state index >= 15 is 0 Å². The van der Waals surface area contributed by atoms with Crippen molar-refractivity contribution >= 4 is 63.8 Å². The van der Waals surface area contributed by atoms with Gasteiger partial charge in [0.05, 0.1) is 28.3 Å². The lowest BCUT2D eigenvalue weighted by molar-refractivity contribution is -0.141. The van der Waals surface area contributed by atoms with E-state index < -0.39 is 11.7 Å². The van der Waals surface area contributed by atoms with Gasteiger partial charge in [-0.15, -0.1) is 0 Å². The molecule has 8 rings (SSSR count). The Bertz CT molecular complexity index is 2010. The number of fused-ring (bicyclic) bond motifs is 4. The first-order valence-corrected chi connectivity index (χ1v) is 22.1. The van der Waals surface area contributed by atoms with Crippen LogP contribution in [0.1, 0.15) is 25.3 Å². The Morgan fingerprint density at radius 3 is 1.62 bits per heavy atom. The number of hydrogen-bond donors (Lipinski definition) is 0.